The molecule has 90 valence electrons. The fraction of sp³-hybridized carbons (Fsp3) is 0.769. The molecule has 1 aromatic heterocycles. The summed E-state index contributed by atoms with van der Waals surface area (Å²) in [6, 6.07) is 0. The van der Waals surface area contributed by atoms with Crippen molar-refractivity contribution in [1.29, 1.82) is 0 Å². The molecule has 0 aromatic carbocycles. The Labute approximate surface area is 102 Å². The summed E-state index contributed by atoms with van der Waals surface area (Å²) in [5.41, 5.74) is 1.44. The van der Waals surface area contributed by atoms with E-state index in [1.165, 1.54) is 35.0 Å². The Morgan fingerprint density at radius 3 is 2.62 bits per heavy atom. The predicted molar refractivity (Wildman–Crippen MR) is 70.4 cm³/mol. The van der Waals surface area contributed by atoms with Crippen molar-refractivity contribution in [3.05, 3.63) is 15.6 Å². The molecule has 2 heterocycles. The third-order valence-corrected chi connectivity index (χ3v) is 4.89. The van der Waals surface area contributed by atoms with E-state index in [9.17, 15) is 0 Å². The van der Waals surface area contributed by atoms with Gasteiger partial charge in [0.05, 0.1) is 10.7 Å². The van der Waals surface area contributed by atoms with Crippen molar-refractivity contribution in [2.45, 2.75) is 51.9 Å². The summed E-state index contributed by atoms with van der Waals surface area (Å²) in [4.78, 5) is 6.26. The molecule has 0 spiro atoms. The first kappa shape index (κ1) is 12.1. The van der Waals surface area contributed by atoms with Crippen molar-refractivity contribution >= 4 is 11.3 Å². The second-order valence-electron chi connectivity index (χ2n) is 5.76. The van der Waals surface area contributed by atoms with Crippen LogP contribution in [0.15, 0.2) is 0 Å². The molecular weight excluding hydrogens is 216 g/mol. The molecule has 2 nitrogen and oxygen atoms in total. The SMILES string of the molecule is Cc1nc(C(C)(C)C)sc1C1CCCNC1. The largest absolute Gasteiger partial charge is 0.316 e. The van der Waals surface area contributed by atoms with E-state index in [1.807, 2.05) is 11.3 Å². The highest BCUT2D eigenvalue weighted by Crippen LogP contribution is 2.35. The molecule has 1 saturated heterocycles. The highest BCUT2D eigenvalue weighted by molar-refractivity contribution is 7.12. The van der Waals surface area contributed by atoms with Crippen LogP contribution >= 0.6 is 11.3 Å². The summed E-state index contributed by atoms with van der Waals surface area (Å²) >= 11 is 1.92. The number of nitrogens with zero attached hydrogens (tertiary/aromatic N) is 1. The summed E-state index contributed by atoms with van der Waals surface area (Å²) < 4.78 is 0. The second kappa shape index (κ2) is 4.46. The molecule has 3 heteroatoms. The van der Waals surface area contributed by atoms with Gasteiger partial charge in [0.2, 0.25) is 0 Å². The normalized spacial score (nSPS) is 22.4. The zero-order valence-corrected chi connectivity index (χ0v) is 11.6. The van der Waals surface area contributed by atoms with Gasteiger partial charge in [-0.3, -0.25) is 0 Å². The van der Waals surface area contributed by atoms with Gasteiger partial charge in [-0.15, -0.1) is 11.3 Å². The van der Waals surface area contributed by atoms with Crippen LogP contribution in [0.2, 0.25) is 0 Å². The number of piperidine rings is 1. The van der Waals surface area contributed by atoms with Gasteiger partial charge in [0, 0.05) is 22.8 Å². The number of hydrogen-bond acceptors (Lipinski definition) is 3. The third kappa shape index (κ3) is 2.46. The minimum absolute atomic E-state index is 0.190. The molecule has 1 aliphatic heterocycles. The van der Waals surface area contributed by atoms with Gasteiger partial charge in [-0.05, 0) is 26.3 Å². The number of aromatic nitrogens is 1. The van der Waals surface area contributed by atoms with Crippen LogP contribution in [-0.2, 0) is 5.41 Å². The molecule has 1 N–H and O–H groups in total. The zero-order chi connectivity index (χ0) is 11.8. The summed E-state index contributed by atoms with van der Waals surface area (Å²) in [7, 11) is 0. The maximum Gasteiger partial charge on any atom is 0.0984 e. The van der Waals surface area contributed by atoms with Crippen molar-refractivity contribution in [2.24, 2.45) is 0 Å². The Balaban J connectivity index is 2.24. The topological polar surface area (TPSA) is 24.9 Å². The summed E-state index contributed by atoms with van der Waals surface area (Å²) in [5.74, 6) is 0.697. The lowest BCUT2D eigenvalue weighted by Crippen LogP contribution is -2.28. The summed E-state index contributed by atoms with van der Waals surface area (Å²) in [6.07, 6.45) is 2.62. The average Bonchev–Trinajstić information content (AvgIpc) is 2.61. The third-order valence-electron chi connectivity index (χ3n) is 3.14. The molecule has 1 aliphatic rings. The lowest BCUT2D eigenvalue weighted by Gasteiger charge is -2.22. The monoisotopic (exact) mass is 238 g/mol. The fourth-order valence-corrected chi connectivity index (χ4v) is 3.44. The maximum absolute atomic E-state index is 4.75. The van der Waals surface area contributed by atoms with E-state index in [4.69, 9.17) is 4.98 Å². The molecule has 0 radical (unpaired) electrons. The molecule has 1 fully saturated rings. The molecule has 1 unspecified atom stereocenters. The van der Waals surface area contributed by atoms with E-state index in [2.05, 4.69) is 33.0 Å². The Morgan fingerprint density at radius 1 is 1.38 bits per heavy atom. The lowest BCUT2D eigenvalue weighted by atomic mass is 9.97. The molecule has 0 aliphatic carbocycles. The van der Waals surface area contributed by atoms with Gasteiger partial charge in [-0.1, -0.05) is 20.8 Å². The molecule has 16 heavy (non-hydrogen) atoms. The van der Waals surface area contributed by atoms with Gasteiger partial charge < -0.3 is 5.32 Å². The zero-order valence-electron chi connectivity index (χ0n) is 10.8. The molecule has 0 bridgehead atoms. The van der Waals surface area contributed by atoms with Gasteiger partial charge in [-0.2, -0.15) is 0 Å². The second-order valence-corrected chi connectivity index (χ2v) is 6.79. The van der Waals surface area contributed by atoms with E-state index < -0.39 is 0 Å². The van der Waals surface area contributed by atoms with E-state index in [0.29, 0.717) is 5.92 Å². The first-order valence-corrected chi connectivity index (χ1v) is 6.98. The molecule has 0 saturated carbocycles. The van der Waals surface area contributed by atoms with Crippen LogP contribution in [0.3, 0.4) is 0 Å². The number of nitrogens with one attached hydrogen (secondary N) is 1. The first-order valence-electron chi connectivity index (χ1n) is 6.17. The minimum atomic E-state index is 0.190. The number of aryl methyl sites for hydroxylation is 1. The van der Waals surface area contributed by atoms with Gasteiger partial charge in [-0.25, -0.2) is 4.98 Å². The molecule has 1 atom stereocenters. The van der Waals surface area contributed by atoms with Crippen molar-refractivity contribution in [2.75, 3.05) is 13.1 Å². The maximum atomic E-state index is 4.75. The van der Waals surface area contributed by atoms with Gasteiger partial charge in [0.25, 0.3) is 0 Å². The summed E-state index contributed by atoms with van der Waals surface area (Å²) in [5, 5.41) is 4.77. The molecule has 2 rings (SSSR count). The van der Waals surface area contributed by atoms with Crippen molar-refractivity contribution < 1.29 is 0 Å². The van der Waals surface area contributed by atoms with Gasteiger partial charge >= 0.3 is 0 Å². The van der Waals surface area contributed by atoms with Gasteiger partial charge in [0.15, 0.2) is 0 Å². The van der Waals surface area contributed by atoms with Crippen LogP contribution in [0.1, 0.15) is 55.1 Å². The Kier molecular flexibility index (Phi) is 3.36. The van der Waals surface area contributed by atoms with Crippen LogP contribution in [0.5, 0.6) is 0 Å². The Bertz CT molecular complexity index is 356. The highest BCUT2D eigenvalue weighted by atomic mass is 32.1. The standard InChI is InChI=1S/C13H22N2S/c1-9-11(10-6-5-7-14-8-10)16-12(15-9)13(2,3)4/h10,14H,5-8H2,1-4H3. The first-order chi connectivity index (χ1) is 7.48. The molecular formula is C13H22N2S. The van der Waals surface area contributed by atoms with E-state index in [0.717, 1.165) is 6.54 Å². The Hall–Kier alpha value is -0.410. The van der Waals surface area contributed by atoms with E-state index >= 15 is 0 Å². The minimum Gasteiger partial charge on any atom is -0.316 e. The predicted octanol–water partition coefficient (Wildman–Crippen LogP) is 3.22. The molecule has 1 aromatic rings. The van der Waals surface area contributed by atoms with Crippen molar-refractivity contribution in [3.63, 3.8) is 0 Å². The van der Waals surface area contributed by atoms with Gasteiger partial charge in [0.1, 0.15) is 0 Å². The van der Waals surface area contributed by atoms with Crippen LogP contribution in [-0.4, -0.2) is 18.1 Å². The number of rotatable bonds is 1. The van der Waals surface area contributed by atoms with Crippen LogP contribution in [0.4, 0.5) is 0 Å². The summed E-state index contributed by atoms with van der Waals surface area (Å²) in [6.45, 7) is 11.2. The number of thiazole rings is 1. The van der Waals surface area contributed by atoms with E-state index in [-0.39, 0.29) is 5.41 Å². The number of hydrogen-bond donors (Lipinski definition) is 1. The van der Waals surface area contributed by atoms with Crippen LogP contribution in [0, 0.1) is 6.92 Å². The highest BCUT2D eigenvalue weighted by Gasteiger charge is 2.24. The van der Waals surface area contributed by atoms with Crippen molar-refractivity contribution in [1.82, 2.24) is 10.3 Å². The average molecular weight is 238 g/mol. The van der Waals surface area contributed by atoms with Crippen LogP contribution < -0.4 is 5.32 Å². The lowest BCUT2D eigenvalue weighted by molar-refractivity contribution is 0.464. The fourth-order valence-electron chi connectivity index (χ4n) is 2.18. The van der Waals surface area contributed by atoms with Crippen LogP contribution in [0.25, 0.3) is 0 Å². The smallest absolute Gasteiger partial charge is 0.0984 e. The molecule has 0 amide bonds. The van der Waals surface area contributed by atoms with Crippen molar-refractivity contribution in [3.8, 4) is 0 Å². The van der Waals surface area contributed by atoms with E-state index in [1.54, 1.807) is 0 Å². The Morgan fingerprint density at radius 2 is 2.12 bits per heavy atom. The quantitative estimate of drug-likeness (QED) is 0.812.